The Bertz CT molecular complexity index is 1920. The molecule has 0 radical (unpaired) electrons. The van der Waals surface area contributed by atoms with Crippen LogP contribution in [0, 0.1) is 6.92 Å². The minimum absolute atomic E-state index is 0.0574. The van der Waals surface area contributed by atoms with E-state index in [0.717, 1.165) is 73.0 Å². The van der Waals surface area contributed by atoms with Crippen molar-refractivity contribution in [1.29, 1.82) is 0 Å². The monoisotopic (exact) mass is 484 g/mol. The van der Waals surface area contributed by atoms with E-state index in [4.69, 9.17) is 13.9 Å². The molecule has 7 heteroatoms. The normalized spacial score (nSPS) is 13.1. The summed E-state index contributed by atoms with van der Waals surface area (Å²) in [6.07, 6.45) is 3.94. The first-order valence-corrected chi connectivity index (χ1v) is 12.4. The molecule has 8 rings (SSSR count). The lowest BCUT2D eigenvalue weighted by Gasteiger charge is -2.33. The summed E-state index contributed by atoms with van der Waals surface area (Å²) in [7, 11) is 3.75. The van der Waals surface area contributed by atoms with Crippen molar-refractivity contribution in [2.45, 2.75) is 6.92 Å². The summed E-state index contributed by atoms with van der Waals surface area (Å²) in [6, 6.07) is 21.0. The molecule has 0 unspecified atom stereocenters. The van der Waals surface area contributed by atoms with Crippen LogP contribution in [-0.2, 0) is 7.05 Å². The van der Waals surface area contributed by atoms with Crippen molar-refractivity contribution in [3.8, 4) is 28.6 Å². The Morgan fingerprint density at radius 3 is 2.62 bits per heavy atom. The maximum absolute atomic E-state index is 6.80. The molecule has 0 atom stereocenters. The Hall–Kier alpha value is -4.65. The highest BCUT2D eigenvalue weighted by atomic mass is 16.5. The molecule has 37 heavy (non-hydrogen) atoms. The second-order valence-electron chi connectivity index (χ2n) is 9.80. The van der Waals surface area contributed by atoms with Gasteiger partial charge in [-0.15, -0.1) is 0 Å². The summed E-state index contributed by atoms with van der Waals surface area (Å²) >= 11 is 0. The zero-order valence-electron chi connectivity index (χ0n) is 20.7. The third kappa shape index (κ3) is 2.63. The number of imidazole rings is 1. The number of hydrogen-bond acceptors (Lipinski definition) is 4. The number of aromatic amines is 1. The van der Waals surface area contributed by atoms with Gasteiger partial charge in [-0.25, -0.2) is 9.55 Å². The van der Waals surface area contributed by atoms with E-state index >= 15 is 0 Å². The van der Waals surface area contributed by atoms with Crippen molar-refractivity contribution in [1.82, 2.24) is 4.98 Å². The molecular formula is C30H23BN3O3+. The quantitative estimate of drug-likeness (QED) is 0.282. The Balaban J connectivity index is 1.46. The first-order chi connectivity index (χ1) is 18.1. The highest BCUT2D eigenvalue weighted by Gasteiger charge is 2.40. The van der Waals surface area contributed by atoms with Crippen molar-refractivity contribution < 1.29 is 18.5 Å². The lowest BCUT2D eigenvalue weighted by Crippen LogP contribution is -2.58. The predicted octanol–water partition coefficient (Wildman–Crippen LogP) is 4.40. The summed E-state index contributed by atoms with van der Waals surface area (Å²) < 4.78 is 21.0. The average Bonchev–Trinajstić information content (AvgIpc) is 3.51. The smallest absolute Gasteiger partial charge is 0.290 e. The van der Waals surface area contributed by atoms with Gasteiger partial charge < -0.3 is 19.2 Å². The first-order valence-electron chi connectivity index (χ1n) is 12.4. The van der Waals surface area contributed by atoms with Gasteiger partial charge in [0.05, 0.1) is 19.8 Å². The van der Waals surface area contributed by atoms with Gasteiger partial charge in [0.2, 0.25) is 0 Å². The van der Waals surface area contributed by atoms with Gasteiger partial charge in [0.25, 0.3) is 12.5 Å². The van der Waals surface area contributed by atoms with E-state index < -0.39 is 0 Å². The van der Waals surface area contributed by atoms with Gasteiger partial charge in [0.15, 0.2) is 11.2 Å². The number of rotatable bonds is 2. The lowest BCUT2D eigenvalue weighted by molar-refractivity contribution is -0.658. The van der Waals surface area contributed by atoms with Crippen molar-refractivity contribution in [2.75, 3.05) is 12.4 Å². The topological polar surface area (TPSA) is 63.3 Å². The van der Waals surface area contributed by atoms with E-state index in [-0.39, 0.29) is 6.71 Å². The zero-order chi connectivity index (χ0) is 24.8. The van der Waals surface area contributed by atoms with Gasteiger partial charge in [-0.3, -0.25) is 0 Å². The van der Waals surface area contributed by atoms with Crippen molar-refractivity contribution in [3.05, 3.63) is 78.6 Å². The summed E-state index contributed by atoms with van der Waals surface area (Å²) in [5.41, 5.74) is 9.27. The minimum atomic E-state index is 0.0574. The van der Waals surface area contributed by atoms with Crippen molar-refractivity contribution >= 4 is 56.4 Å². The molecule has 0 saturated carbocycles. The maximum atomic E-state index is 6.80. The fraction of sp³-hybridized carbons (Fsp3) is 0.100. The first kappa shape index (κ1) is 20.5. The molecule has 0 amide bonds. The Morgan fingerprint density at radius 2 is 1.78 bits per heavy atom. The molecule has 0 aliphatic carbocycles. The molecule has 2 aliphatic heterocycles. The van der Waals surface area contributed by atoms with E-state index in [1.807, 2.05) is 43.7 Å². The van der Waals surface area contributed by atoms with Gasteiger partial charge in [0.1, 0.15) is 35.2 Å². The number of methoxy groups -OCH3 is 1. The van der Waals surface area contributed by atoms with Crippen LogP contribution in [0.3, 0.4) is 0 Å². The lowest BCUT2D eigenvalue weighted by atomic mass is 9.34. The molecule has 4 aromatic carbocycles. The van der Waals surface area contributed by atoms with Crippen LogP contribution in [0.25, 0.3) is 33.3 Å². The number of furan rings is 1. The van der Waals surface area contributed by atoms with Crippen LogP contribution in [0.4, 0.5) is 11.4 Å². The molecule has 0 spiro atoms. The van der Waals surface area contributed by atoms with Crippen LogP contribution in [0.15, 0.2) is 77.5 Å². The van der Waals surface area contributed by atoms with E-state index in [1.165, 1.54) is 10.9 Å². The number of ether oxygens (including phenoxy) is 2. The van der Waals surface area contributed by atoms with Crippen LogP contribution in [-0.4, -0.2) is 18.8 Å². The predicted molar refractivity (Wildman–Crippen MR) is 147 cm³/mol. The van der Waals surface area contributed by atoms with E-state index in [0.29, 0.717) is 0 Å². The molecule has 4 heterocycles. The highest BCUT2D eigenvalue weighted by molar-refractivity contribution is 6.99. The number of hydrogen-bond donors (Lipinski definition) is 2. The molecule has 6 aromatic rings. The van der Waals surface area contributed by atoms with Crippen LogP contribution in [0.2, 0.25) is 0 Å². The van der Waals surface area contributed by atoms with Crippen LogP contribution >= 0.6 is 0 Å². The summed E-state index contributed by atoms with van der Waals surface area (Å²) in [5, 5.41) is 5.78. The van der Waals surface area contributed by atoms with Gasteiger partial charge in [-0.1, -0.05) is 36.4 Å². The fourth-order valence-electron chi connectivity index (χ4n) is 6.16. The van der Waals surface area contributed by atoms with Crippen LogP contribution in [0.1, 0.15) is 5.56 Å². The number of fused-ring (bicyclic) bond motifs is 8. The average molecular weight is 484 g/mol. The maximum Gasteiger partial charge on any atom is 0.290 e. The SMILES string of the molecule is COc1cc2c(oc3c4c(ccc32)B2c3ccccc3Oc3cccc(c32)N4)c(-c2[nH]cc[n+]2C)c1C. The minimum Gasteiger partial charge on any atom is -0.496 e. The number of H-pyrrole nitrogens is 1. The fourth-order valence-corrected chi connectivity index (χ4v) is 6.16. The number of aromatic nitrogens is 2. The van der Waals surface area contributed by atoms with E-state index in [9.17, 15) is 0 Å². The van der Waals surface area contributed by atoms with Crippen molar-refractivity contribution in [3.63, 3.8) is 0 Å². The van der Waals surface area contributed by atoms with Gasteiger partial charge in [-0.05, 0) is 47.6 Å². The van der Waals surface area contributed by atoms with E-state index in [2.05, 4.69) is 58.2 Å². The number of nitrogens with zero attached hydrogens (tertiary/aromatic N) is 1. The van der Waals surface area contributed by atoms with E-state index in [1.54, 1.807) is 7.11 Å². The van der Waals surface area contributed by atoms with Crippen LogP contribution < -0.4 is 35.7 Å². The van der Waals surface area contributed by atoms with Gasteiger partial charge in [0, 0.05) is 22.0 Å². The Labute approximate surface area is 213 Å². The van der Waals surface area contributed by atoms with Gasteiger partial charge >= 0.3 is 0 Å². The molecule has 2 aliphatic rings. The molecule has 6 nitrogen and oxygen atoms in total. The number of nitrogens with one attached hydrogen (secondary N) is 2. The molecule has 0 bridgehead atoms. The highest BCUT2D eigenvalue weighted by Crippen LogP contribution is 2.43. The summed E-state index contributed by atoms with van der Waals surface area (Å²) in [4.78, 5) is 3.38. The largest absolute Gasteiger partial charge is 0.496 e. The van der Waals surface area contributed by atoms with Crippen molar-refractivity contribution in [2.24, 2.45) is 7.05 Å². The zero-order valence-corrected chi connectivity index (χ0v) is 20.7. The standard InChI is InChI=1S/C30H22BN3O3/c1-16-24(35-3)15-18-17-11-12-20-27(29(17)37-28(18)25(16)30-32-13-14-34(30)2)33-21-8-6-10-23-26(21)31(20)19-7-4-5-9-22(19)36-23/h4-15,33H,1-3H3/p+1. The second-order valence-corrected chi connectivity index (χ2v) is 9.80. The summed E-state index contributed by atoms with van der Waals surface area (Å²) in [5.74, 6) is 3.59. The summed E-state index contributed by atoms with van der Waals surface area (Å²) in [6.45, 7) is 2.13. The van der Waals surface area contributed by atoms with Gasteiger partial charge in [-0.2, -0.15) is 0 Å². The molecule has 178 valence electrons. The number of benzene rings is 4. The molecular weight excluding hydrogens is 461 g/mol. The Morgan fingerprint density at radius 1 is 0.919 bits per heavy atom. The number of para-hydroxylation sites is 1. The molecule has 2 aromatic heterocycles. The molecule has 0 fully saturated rings. The molecule has 0 saturated heterocycles. The second kappa shape index (κ2) is 7.20. The molecule has 2 N–H and O–H groups in total. The van der Waals surface area contributed by atoms with Crippen LogP contribution in [0.5, 0.6) is 17.2 Å². The number of aryl methyl sites for hydroxylation is 1. The third-order valence-corrected chi connectivity index (χ3v) is 7.88. The third-order valence-electron chi connectivity index (χ3n) is 7.88. The number of anilines is 2. The Kier molecular flexibility index (Phi) is 4.00.